The first-order valence-electron chi connectivity index (χ1n) is 10.3. The van der Waals surface area contributed by atoms with Gasteiger partial charge in [0.25, 0.3) is 0 Å². The molecule has 5 nitrogen and oxygen atoms in total. The zero-order valence-corrected chi connectivity index (χ0v) is 16.7. The minimum absolute atomic E-state index is 0.633. The van der Waals surface area contributed by atoms with Crippen molar-refractivity contribution >= 4 is 0 Å². The third kappa shape index (κ3) is 3.47. The van der Waals surface area contributed by atoms with Crippen molar-refractivity contribution in [2.24, 2.45) is 0 Å². The highest BCUT2D eigenvalue weighted by Crippen LogP contribution is 2.38. The Kier molecular flexibility index (Phi) is 4.47. The molecular formula is C23H27N5. The minimum Gasteiger partial charge on any atom is -0.344 e. The molecule has 0 atom stereocenters. The summed E-state index contributed by atoms with van der Waals surface area (Å²) in [4.78, 5) is 16.3. The maximum absolute atomic E-state index is 4.85. The lowest BCUT2D eigenvalue weighted by Gasteiger charge is -2.28. The summed E-state index contributed by atoms with van der Waals surface area (Å²) in [5, 5.41) is 0. The van der Waals surface area contributed by atoms with Crippen LogP contribution in [0.2, 0.25) is 0 Å². The molecule has 0 radical (unpaired) electrons. The van der Waals surface area contributed by atoms with Gasteiger partial charge in [0, 0.05) is 79.8 Å². The van der Waals surface area contributed by atoms with Crippen LogP contribution in [0.5, 0.6) is 0 Å². The molecule has 28 heavy (non-hydrogen) atoms. The molecule has 4 heterocycles. The number of hydrogen-bond donors (Lipinski definition) is 0. The molecule has 0 unspecified atom stereocenters. The lowest BCUT2D eigenvalue weighted by molar-refractivity contribution is 0.242. The number of nitrogens with zero attached hydrogens (tertiary/aromatic N) is 5. The second kappa shape index (κ2) is 7.13. The Morgan fingerprint density at radius 3 is 2.82 bits per heavy atom. The van der Waals surface area contributed by atoms with Gasteiger partial charge in [-0.05, 0) is 49.9 Å². The van der Waals surface area contributed by atoms with Crippen LogP contribution in [0.4, 0.5) is 0 Å². The molecule has 0 spiro atoms. The van der Waals surface area contributed by atoms with Crippen molar-refractivity contribution in [3.8, 4) is 0 Å². The largest absolute Gasteiger partial charge is 0.344 e. The van der Waals surface area contributed by atoms with E-state index >= 15 is 0 Å². The van der Waals surface area contributed by atoms with Crippen LogP contribution in [-0.4, -0.2) is 31.0 Å². The smallest absolute Gasteiger partial charge is 0.131 e. The van der Waals surface area contributed by atoms with Crippen LogP contribution in [-0.2, 0) is 26.1 Å². The van der Waals surface area contributed by atoms with Gasteiger partial charge in [0.2, 0.25) is 0 Å². The summed E-state index contributed by atoms with van der Waals surface area (Å²) in [6.07, 6.45) is 9.42. The number of aromatic nitrogens is 4. The number of aryl methyl sites for hydroxylation is 1. The van der Waals surface area contributed by atoms with Crippen molar-refractivity contribution in [3.63, 3.8) is 0 Å². The van der Waals surface area contributed by atoms with Crippen molar-refractivity contribution in [1.29, 1.82) is 0 Å². The third-order valence-electron chi connectivity index (χ3n) is 6.11. The molecule has 0 saturated heterocycles. The van der Waals surface area contributed by atoms with E-state index in [0.29, 0.717) is 5.92 Å². The Morgan fingerprint density at radius 1 is 1.14 bits per heavy atom. The van der Waals surface area contributed by atoms with E-state index in [1.54, 1.807) is 0 Å². The maximum Gasteiger partial charge on any atom is 0.131 e. The molecule has 3 aromatic heterocycles. The Balaban J connectivity index is 1.31. The third-order valence-corrected chi connectivity index (χ3v) is 6.11. The fourth-order valence-corrected chi connectivity index (χ4v) is 4.25. The Bertz CT molecular complexity index is 988. The average molecular weight is 374 g/mol. The summed E-state index contributed by atoms with van der Waals surface area (Å²) >= 11 is 0. The van der Waals surface area contributed by atoms with Crippen molar-refractivity contribution in [3.05, 3.63) is 76.4 Å². The fourth-order valence-electron chi connectivity index (χ4n) is 4.25. The second-order valence-corrected chi connectivity index (χ2v) is 8.28. The SMILES string of the molecule is Cc1cc(CN2CCc3nc(C4CC4)ncc3C2)c(C)n1Cc1cccnc1. The molecule has 1 fully saturated rings. The zero-order chi connectivity index (χ0) is 19.1. The average Bonchev–Trinajstić information content (AvgIpc) is 3.53. The van der Waals surface area contributed by atoms with E-state index in [4.69, 9.17) is 4.98 Å². The Hall–Kier alpha value is -2.53. The van der Waals surface area contributed by atoms with Gasteiger partial charge in [-0.1, -0.05) is 6.07 Å². The maximum atomic E-state index is 4.85. The summed E-state index contributed by atoms with van der Waals surface area (Å²) in [5.74, 6) is 1.71. The normalized spacial score (nSPS) is 16.9. The van der Waals surface area contributed by atoms with Gasteiger partial charge in [-0.15, -0.1) is 0 Å². The van der Waals surface area contributed by atoms with Crippen LogP contribution in [0.3, 0.4) is 0 Å². The van der Waals surface area contributed by atoms with E-state index in [9.17, 15) is 0 Å². The molecular weight excluding hydrogens is 346 g/mol. The molecule has 0 bridgehead atoms. The van der Waals surface area contributed by atoms with Gasteiger partial charge in [-0.2, -0.15) is 0 Å². The molecule has 5 heteroatoms. The van der Waals surface area contributed by atoms with Crippen molar-refractivity contribution in [2.45, 2.75) is 58.7 Å². The lowest BCUT2D eigenvalue weighted by atomic mass is 10.1. The molecule has 1 saturated carbocycles. The zero-order valence-electron chi connectivity index (χ0n) is 16.7. The highest BCUT2D eigenvalue weighted by atomic mass is 15.1. The van der Waals surface area contributed by atoms with E-state index in [0.717, 1.165) is 38.4 Å². The predicted octanol–water partition coefficient (Wildman–Crippen LogP) is 3.77. The van der Waals surface area contributed by atoms with Gasteiger partial charge in [-0.25, -0.2) is 9.97 Å². The Morgan fingerprint density at radius 2 is 2.04 bits per heavy atom. The van der Waals surface area contributed by atoms with Crippen LogP contribution < -0.4 is 0 Å². The molecule has 0 N–H and O–H groups in total. The Labute approximate surface area is 166 Å². The minimum atomic E-state index is 0.633. The summed E-state index contributed by atoms with van der Waals surface area (Å²) in [5.41, 5.74) is 7.90. The number of hydrogen-bond acceptors (Lipinski definition) is 4. The molecule has 3 aromatic rings. The highest BCUT2D eigenvalue weighted by Gasteiger charge is 2.28. The summed E-state index contributed by atoms with van der Waals surface area (Å²) in [6, 6.07) is 6.49. The van der Waals surface area contributed by atoms with Crippen LogP contribution in [0, 0.1) is 13.8 Å². The topological polar surface area (TPSA) is 46.8 Å². The van der Waals surface area contributed by atoms with Gasteiger partial charge < -0.3 is 4.57 Å². The van der Waals surface area contributed by atoms with Gasteiger partial charge in [0.1, 0.15) is 5.82 Å². The quantitative estimate of drug-likeness (QED) is 0.683. The van der Waals surface area contributed by atoms with Crippen LogP contribution in [0.1, 0.15) is 58.4 Å². The van der Waals surface area contributed by atoms with E-state index in [1.807, 2.05) is 18.5 Å². The molecule has 2 aliphatic rings. The van der Waals surface area contributed by atoms with Gasteiger partial charge >= 0.3 is 0 Å². The molecule has 144 valence electrons. The number of rotatable bonds is 5. The monoisotopic (exact) mass is 373 g/mol. The van der Waals surface area contributed by atoms with Crippen molar-refractivity contribution < 1.29 is 0 Å². The van der Waals surface area contributed by atoms with Gasteiger partial charge in [0.15, 0.2) is 0 Å². The summed E-state index contributed by atoms with van der Waals surface area (Å²) in [7, 11) is 0. The molecule has 1 aliphatic heterocycles. The first-order chi connectivity index (χ1) is 13.7. The first-order valence-corrected chi connectivity index (χ1v) is 10.3. The van der Waals surface area contributed by atoms with Gasteiger partial charge in [0.05, 0.1) is 0 Å². The van der Waals surface area contributed by atoms with Gasteiger partial charge in [-0.3, -0.25) is 9.88 Å². The van der Waals surface area contributed by atoms with E-state index in [1.165, 1.54) is 46.6 Å². The van der Waals surface area contributed by atoms with Crippen molar-refractivity contribution in [2.75, 3.05) is 6.54 Å². The second-order valence-electron chi connectivity index (χ2n) is 8.28. The van der Waals surface area contributed by atoms with E-state index in [2.05, 4.69) is 51.6 Å². The van der Waals surface area contributed by atoms with Crippen LogP contribution in [0.25, 0.3) is 0 Å². The lowest BCUT2D eigenvalue weighted by Crippen LogP contribution is -2.31. The summed E-state index contributed by atoms with van der Waals surface area (Å²) in [6.45, 7) is 8.32. The molecule has 1 aliphatic carbocycles. The van der Waals surface area contributed by atoms with E-state index in [-0.39, 0.29) is 0 Å². The highest BCUT2D eigenvalue weighted by molar-refractivity contribution is 5.29. The van der Waals surface area contributed by atoms with Crippen LogP contribution in [0.15, 0.2) is 36.8 Å². The first kappa shape index (κ1) is 17.6. The summed E-state index contributed by atoms with van der Waals surface area (Å²) < 4.78 is 2.40. The fraction of sp³-hybridized carbons (Fsp3) is 0.435. The number of pyridine rings is 1. The molecule has 0 aromatic carbocycles. The van der Waals surface area contributed by atoms with Crippen molar-refractivity contribution in [1.82, 2.24) is 24.4 Å². The molecule has 0 amide bonds. The van der Waals surface area contributed by atoms with E-state index < -0.39 is 0 Å². The standard InChI is InChI=1S/C23H27N5/c1-16-10-20(17(2)28(16)13-18-4-3-8-24-11-18)14-27-9-7-22-21(15-27)12-25-23(26-22)19-5-6-19/h3-4,8,10-12,19H,5-7,9,13-15H2,1-2H3. The predicted molar refractivity (Wildman–Crippen MR) is 109 cm³/mol. The molecule has 5 rings (SSSR count). The van der Waals surface area contributed by atoms with Crippen LogP contribution >= 0.6 is 0 Å². The number of fused-ring (bicyclic) bond motifs is 1.